The Morgan fingerprint density at radius 2 is 1.88 bits per heavy atom. The molecule has 0 aliphatic carbocycles. The van der Waals surface area contributed by atoms with Gasteiger partial charge in [-0.05, 0) is 50.3 Å². The fourth-order valence-corrected chi connectivity index (χ4v) is 3.03. The van der Waals surface area contributed by atoms with E-state index in [1.54, 1.807) is 16.9 Å². The Bertz CT molecular complexity index is 587. The molecule has 7 heteroatoms. The highest BCUT2D eigenvalue weighted by atomic mass is 16.5. The van der Waals surface area contributed by atoms with Crippen LogP contribution in [0, 0.1) is 0 Å². The molecule has 1 fully saturated rings. The Kier molecular flexibility index (Phi) is 7.72. The van der Waals surface area contributed by atoms with Gasteiger partial charge in [-0.1, -0.05) is 13.8 Å². The highest BCUT2D eigenvalue weighted by molar-refractivity contribution is 5.96. The zero-order valence-corrected chi connectivity index (χ0v) is 16.0. The van der Waals surface area contributed by atoms with Crippen molar-refractivity contribution in [2.24, 2.45) is 0 Å². The molecular formula is C19H30N4O3. The number of hydrogen-bond donors (Lipinski definition) is 1. The lowest BCUT2D eigenvalue weighted by molar-refractivity contribution is -0.121. The van der Waals surface area contributed by atoms with Crippen LogP contribution in [0.5, 0.6) is 5.75 Å². The van der Waals surface area contributed by atoms with Crippen LogP contribution >= 0.6 is 0 Å². The Morgan fingerprint density at radius 3 is 2.50 bits per heavy atom. The summed E-state index contributed by atoms with van der Waals surface area (Å²) < 4.78 is 5.14. The first-order chi connectivity index (χ1) is 12.6. The number of benzene rings is 1. The average molecular weight is 362 g/mol. The third kappa shape index (κ3) is 5.36. The Labute approximate surface area is 155 Å². The van der Waals surface area contributed by atoms with E-state index in [0.717, 1.165) is 37.5 Å². The summed E-state index contributed by atoms with van der Waals surface area (Å²) in [6.07, 6.45) is 0.916. The van der Waals surface area contributed by atoms with E-state index in [9.17, 15) is 9.59 Å². The highest BCUT2D eigenvalue weighted by Gasteiger charge is 2.30. The molecule has 0 radical (unpaired) electrons. The SMILES string of the molecule is CCN(CC)CCCNC(=O)CN1CCN(c2ccc(OC)cc2)C1=O. The normalized spacial score (nSPS) is 14.2. The molecule has 1 N–H and O–H groups in total. The number of nitrogens with zero attached hydrogens (tertiary/aromatic N) is 3. The Balaban J connectivity index is 1.76. The predicted molar refractivity (Wildman–Crippen MR) is 103 cm³/mol. The molecule has 0 atom stereocenters. The van der Waals surface area contributed by atoms with Gasteiger partial charge < -0.3 is 19.9 Å². The fourth-order valence-electron chi connectivity index (χ4n) is 3.03. The van der Waals surface area contributed by atoms with Gasteiger partial charge >= 0.3 is 6.03 Å². The van der Waals surface area contributed by atoms with Gasteiger partial charge in [-0.15, -0.1) is 0 Å². The summed E-state index contributed by atoms with van der Waals surface area (Å²) in [5, 5.41) is 2.91. The van der Waals surface area contributed by atoms with Gasteiger partial charge in [0.1, 0.15) is 12.3 Å². The van der Waals surface area contributed by atoms with Gasteiger partial charge in [0.15, 0.2) is 0 Å². The minimum absolute atomic E-state index is 0.102. The van der Waals surface area contributed by atoms with Crippen LogP contribution in [0.3, 0.4) is 0 Å². The summed E-state index contributed by atoms with van der Waals surface area (Å²) in [5.74, 6) is 0.649. The van der Waals surface area contributed by atoms with Crippen LogP contribution in [0.4, 0.5) is 10.5 Å². The molecule has 3 amide bonds. The fraction of sp³-hybridized carbons (Fsp3) is 0.579. The molecule has 144 valence electrons. The topological polar surface area (TPSA) is 65.1 Å². The number of nitrogens with one attached hydrogen (secondary N) is 1. The summed E-state index contributed by atoms with van der Waals surface area (Å²) in [5.41, 5.74) is 0.818. The maximum atomic E-state index is 12.5. The first kappa shape index (κ1) is 20.0. The summed E-state index contributed by atoms with van der Waals surface area (Å²) in [4.78, 5) is 30.2. The quantitative estimate of drug-likeness (QED) is 0.645. The van der Waals surface area contributed by atoms with Crippen LogP contribution in [0.25, 0.3) is 0 Å². The number of amides is 3. The van der Waals surface area contributed by atoms with Crippen molar-refractivity contribution in [2.75, 3.05) is 57.8 Å². The van der Waals surface area contributed by atoms with E-state index in [2.05, 4.69) is 24.1 Å². The standard InChI is InChI=1S/C19H30N4O3/c1-4-21(5-2)12-6-11-20-18(24)15-22-13-14-23(19(22)25)16-7-9-17(26-3)10-8-16/h7-10H,4-6,11-15H2,1-3H3,(H,20,24). The number of methoxy groups -OCH3 is 1. The van der Waals surface area contributed by atoms with Crippen LogP contribution in [0.1, 0.15) is 20.3 Å². The van der Waals surface area contributed by atoms with Crippen LogP contribution in [0.15, 0.2) is 24.3 Å². The smallest absolute Gasteiger partial charge is 0.325 e. The van der Waals surface area contributed by atoms with Crippen molar-refractivity contribution in [3.63, 3.8) is 0 Å². The van der Waals surface area contributed by atoms with E-state index in [0.29, 0.717) is 19.6 Å². The van der Waals surface area contributed by atoms with Gasteiger partial charge in [-0.3, -0.25) is 9.69 Å². The molecule has 26 heavy (non-hydrogen) atoms. The molecule has 2 rings (SSSR count). The molecule has 0 unspecified atom stereocenters. The van der Waals surface area contributed by atoms with Crippen molar-refractivity contribution in [1.29, 1.82) is 0 Å². The summed E-state index contributed by atoms with van der Waals surface area (Å²) >= 11 is 0. The van der Waals surface area contributed by atoms with Crippen molar-refractivity contribution in [3.8, 4) is 5.75 Å². The zero-order valence-electron chi connectivity index (χ0n) is 16.0. The summed E-state index contributed by atoms with van der Waals surface area (Å²) in [6.45, 7) is 9.17. The van der Waals surface area contributed by atoms with Gasteiger partial charge in [-0.25, -0.2) is 4.79 Å². The maximum Gasteiger partial charge on any atom is 0.325 e. The number of hydrogen-bond acceptors (Lipinski definition) is 4. The Morgan fingerprint density at radius 1 is 1.19 bits per heavy atom. The van der Waals surface area contributed by atoms with E-state index in [1.165, 1.54) is 0 Å². The molecule has 0 saturated carbocycles. The molecule has 1 saturated heterocycles. The third-order valence-corrected chi connectivity index (χ3v) is 4.68. The average Bonchev–Trinajstić information content (AvgIpc) is 3.02. The van der Waals surface area contributed by atoms with Gasteiger partial charge in [0, 0.05) is 25.3 Å². The van der Waals surface area contributed by atoms with E-state index in [1.807, 2.05) is 24.3 Å². The van der Waals surface area contributed by atoms with Crippen molar-refractivity contribution in [3.05, 3.63) is 24.3 Å². The molecule has 0 bridgehead atoms. The number of ether oxygens (including phenoxy) is 1. The maximum absolute atomic E-state index is 12.5. The highest BCUT2D eigenvalue weighted by Crippen LogP contribution is 2.22. The van der Waals surface area contributed by atoms with Gasteiger partial charge in [0.25, 0.3) is 0 Å². The van der Waals surface area contributed by atoms with Crippen molar-refractivity contribution in [1.82, 2.24) is 15.1 Å². The minimum atomic E-state index is -0.131. The lowest BCUT2D eigenvalue weighted by Crippen LogP contribution is -2.40. The molecule has 1 aliphatic rings. The molecule has 0 aromatic heterocycles. The van der Waals surface area contributed by atoms with Gasteiger partial charge in [0.05, 0.1) is 7.11 Å². The molecule has 7 nitrogen and oxygen atoms in total. The molecule has 1 aromatic carbocycles. The van der Waals surface area contributed by atoms with E-state index in [4.69, 9.17) is 4.74 Å². The number of carbonyl (C=O) groups excluding carboxylic acids is 2. The van der Waals surface area contributed by atoms with Crippen LogP contribution in [0.2, 0.25) is 0 Å². The van der Waals surface area contributed by atoms with Gasteiger partial charge in [0.2, 0.25) is 5.91 Å². The number of anilines is 1. The monoisotopic (exact) mass is 362 g/mol. The molecular weight excluding hydrogens is 332 g/mol. The second-order valence-corrected chi connectivity index (χ2v) is 6.28. The largest absolute Gasteiger partial charge is 0.497 e. The second kappa shape index (κ2) is 10.0. The first-order valence-electron chi connectivity index (χ1n) is 9.28. The first-order valence-corrected chi connectivity index (χ1v) is 9.28. The van der Waals surface area contributed by atoms with Gasteiger partial charge in [-0.2, -0.15) is 0 Å². The second-order valence-electron chi connectivity index (χ2n) is 6.28. The zero-order chi connectivity index (χ0) is 18.9. The third-order valence-electron chi connectivity index (χ3n) is 4.68. The molecule has 1 heterocycles. The van der Waals surface area contributed by atoms with Crippen molar-refractivity contribution >= 4 is 17.6 Å². The molecule has 1 aromatic rings. The van der Waals surface area contributed by atoms with E-state index >= 15 is 0 Å². The summed E-state index contributed by atoms with van der Waals surface area (Å²) in [6, 6.07) is 7.23. The molecule has 1 aliphatic heterocycles. The summed E-state index contributed by atoms with van der Waals surface area (Å²) in [7, 11) is 1.61. The van der Waals surface area contributed by atoms with Crippen molar-refractivity contribution < 1.29 is 14.3 Å². The van der Waals surface area contributed by atoms with Crippen LogP contribution in [-0.2, 0) is 4.79 Å². The molecule has 0 spiro atoms. The minimum Gasteiger partial charge on any atom is -0.497 e. The van der Waals surface area contributed by atoms with E-state index in [-0.39, 0.29) is 18.5 Å². The number of rotatable bonds is 10. The number of urea groups is 1. The van der Waals surface area contributed by atoms with E-state index < -0.39 is 0 Å². The predicted octanol–water partition coefficient (Wildman–Crippen LogP) is 1.79. The lowest BCUT2D eigenvalue weighted by Gasteiger charge is -2.19. The van der Waals surface area contributed by atoms with Crippen molar-refractivity contribution in [2.45, 2.75) is 20.3 Å². The Hall–Kier alpha value is -2.28. The van der Waals surface area contributed by atoms with Crippen LogP contribution < -0.4 is 15.0 Å². The lowest BCUT2D eigenvalue weighted by atomic mass is 10.3. The van der Waals surface area contributed by atoms with Crippen LogP contribution in [-0.4, -0.2) is 74.7 Å². The number of carbonyl (C=O) groups is 2.